The van der Waals surface area contributed by atoms with Gasteiger partial charge in [-0.25, -0.2) is 0 Å². The van der Waals surface area contributed by atoms with Crippen LogP contribution in [0.4, 0.5) is 0 Å². The summed E-state index contributed by atoms with van der Waals surface area (Å²) in [6.07, 6.45) is 3.27. The summed E-state index contributed by atoms with van der Waals surface area (Å²) in [5.41, 5.74) is 0. The molecule has 1 aliphatic rings. The average Bonchev–Trinajstić information content (AvgIpc) is 2.14. The molecule has 0 amide bonds. The summed E-state index contributed by atoms with van der Waals surface area (Å²) in [6.45, 7) is 3.33. The van der Waals surface area contributed by atoms with Crippen molar-refractivity contribution in [2.24, 2.45) is 0 Å². The Hall–Kier alpha value is -0.130. The van der Waals surface area contributed by atoms with Crippen LogP contribution in [0.5, 0.6) is 0 Å². The number of thioether (sulfide) groups is 1. The van der Waals surface area contributed by atoms with Crippen molar-refractivity contribution in [1.29, 1.82) is 0 Å². The molecule has 1 rings (SSSR count). The Morgan fingerprint density at radius 2 is 2.42 bits per heavy atom. The molecule has 1 aliphatic heterocycles. The van der Waals surface area contributed by atoms with Crippen molar-refractivity contribution in [1.82, 2.24) is 5.32 Å². The monoisotopic (exact) mass is 183 g/mol. The minimum Gasteiger partial charge on any atom is -0.311 e. The quantitative estimate of drug-likeness (QED) is 0.656. The third kappa shape index (κ3) is 4.04. The smallest absolute Gasteiger partial charge is 0.0267 e. The van der Waals surface area contributed by atoms with E-state index >= 15 is 0 Å². The fourth-order valence-electron chi connectivity index (χ4n) is 1.16. The van der Waals surface area contributed by atoms with Crippen molar-refractivity contribution in [3.05, 3.63) is 0 Å². The van der Waals surface area contributed by atoms with E-state index in [1.807, 2.05) is 11.8 Å². The molecule has 1 fully saturated rings. The zero-order valence-corrected chi connectivity index (χ0v) is 8.54. The van der Waals surface area contributed by atoms with Crippen LogP contribution in [0.15, 0.2) is 0 Å². The van der Waals surface area contributed by atoms with Crippen molar-refractivity contribution in [2.45, 2.75) is 32.2 Å². The van der Waals surface area contributed by atoms with Crippen molar-refractivity contribution in [2.75, 3.05) is 18.1 Å². The minimum atomic E-state index is 0.646. The van der Waals surface area contributed by atoms with E-state index in [-0.39, 0.29) is 0 Å². The molecule has 0 saturated carbocycles. The molecule has 0 bridgehead atoms. The Morgan fingerprint density at radius 1 is 1.50 bits per heavy atom. The first-order chi connectivity index (χ1) is 5.93. The standard InChI is InChI=1S/C10H17NS/c1-2-3-4-5-6-10-9-12-8-7-11-10/h10-11H,2-3,6-9H2,1H3. The molecule has 12 heavy (non-hydrogen) atoms. The van der Waals surface area contributed by atoms with Crippen LogP contribution in [-0.2, 0) is 0 Å². The van der Waals surface area contributed by atoms with E-state index in [0.29, 0.717) is 6.04 Å². The molecule has 1 atom stereocenters. The van der Waals surface area contributed by atoms with Crippen LogP contribution in [0.25, 0.3) is 0 Å². The van der Waals surface area contributed by atoms with Gasteiger partial charge in [0.05, 0.1) is 0 Å². The lowest BCUT2D eigenvalue weighted by molar-refractivity contribution is 0.578. The van der Waals surface area contributed by atoms with E-state index in [0.717, 1.165) is 19.4 Å². The van der Waals surface area contributed by atoms with Crippen LogP contribution < -0.4 is 5.32 Å². The number of hydrogen-bond donors (Lipinski definition) is 1. The molecule has 0 spiro atoms. The molecular formula is C10H17NS. The predicted octanol–water partition coefficient (Wildman–Crippen LogP) is 1.89. The second kappa shape index (κ2) is 6.39. The van der Waals surface area contributed by atoms with Gasteiger partial charge >= 0.3 is 0 Å². The first-order valence-corrected chi connectivity index (χ1v) is 5.85. The van der Waals surface area contributed by atoms with Crippen molar-refractivity contribution < 1.29 is 0 Å². The van der Waals surface area contributed by atoms with Crippen molar-refractivity contribution >= 4 is 11.8 Å². The predicted molar refractivity (Wildman–Crippen MR) is 56.4 cm³/mol. The molecule has 1 N–H and O–H groups in total. The largest absolute Gasteiger partial charge is 0.311 e. The molecule has 1 saturated heterocycles. The van der Waals surface area contributed by atoms with Gasteiger partial charge in [0.1, 0.15) is 0 Å². The van der Waals surface area contributed by atoms with Crippen LogP contribution >= 0.6 is 11.8 Å². The fraction of sp³-hybridized carbons (Fsp3) is 0.800. The molecular weight excluding hydrogens is 166 g/mol. The van der Waals surface area contributed by atoms with Gasteiger partial charge in [-0.3, -0.25) is 0 Å². The van der Waals surface area contributed by atoms with E-state index in [4.69, 9.17) is 0 Å². The first-order valence-electron chi connectivity index (χ1n) is 4.70. The SMILES string of the molecule is CCCC#CCC1CSCCN1. The van der Waals surface area contributed by atoms with Crippen LogP contribution in [-0.4, -0.2) is 24.1 Å². The summed E-state index contributed by atoms with van der Waals surface area (Å²) in [5.74, 6) is 8.91. The summed E-state index contributed by atoms with van der Waals surface area (Å²) in [6, 6.07) is 0.646. The Labute approximate surface area is 79.7 Å². The van der Waals surface area contributed by atoms with Gasteiger partial charge in [-0.05, 0) is 6.42 Å². The Balaban J connectivity index is 2.09. The molecule has 0 aromatic rings. The van der Waals surface area contributed by atoms with Crippen LogP contribution in [0.2, 0.25) is 0 Å². The van der Waals surface area contributed by atoms with E-state index in [1.54, 1.807) is 0 Å². The molecule has 0 radical (unpaired) electrons. The third-order valence-electron chi connectivity index (χ3n) is 1.85. The second-order valence-corrected chi connectivity index (χ2v) is 4.18. The highest BCUT2D eigenvalue weighted by molar-refractivity contribution is 7.99. The summed E-state index contributed by atoms with van der Waals surface area (Å²) >= 11 is 2.04. The lowest BCUT2D eigenvalue weighted by atomic mass is 10.2. The molecule has 68 valence electrons. The van der Waals surface area contributed by atoms with Gasteiger partial charge in [0.2, 0.25) is 0 Å². The molecule has 0 aromatic heterocycles. The molecule has 0 aliphatic carbocycles. The highest BCUT2D eigenvalue weighted by atomic mass is 32.2. The van der Waals surface area contributed by atoms with Gasteiger partial charge in [-0.15, -0.1) is 11.8 Å². The fourth-order valence-corrected chi connectivity index (χ4v) is 2.11. The highest BCUT2D eigenvalue weighted by Crippen LogP contribution is 2.09. The molecule has 1 heterocycles. The lowest BCUT2D eigenvalue weighted by Crippen LogP contribution is -2.36. The summed E-state index contributed by atoms with van der Waals surface area (Å²) in [4.78, 5) is 0. The number of rotatable bonds is 2. The van der Waals surface area contributed by atoms with E-state index in [1.165, 1.54) is 17.9 Å². The number of unbranched alkanes of at least 4 members (excludes halogenated alkanes) is 1. The van der Waals surface area contributed by atoms with Gasteiger partial charge in [-0.1, -0.05) is 6.92 Å². The highest BCUT2D eigenvalue weighted by Gasteiger charge is 2.10. The van der Waals surface area contributed by atoms with E-state index in [9.17, 15) is 0 Å². The molecule has 1 nitrogen and oxygen atoms in total. The summed E-state index contributed by atoms with van der Waals surface area (Å²) in [5, 5.41) is 3.47. The average molecular weight is 183 g/mol. The second-order valence-electron chi connectivity index (χ2n) is 3.03. The molecule has 1 unspecified atom stereocenters. The Kier molecular flexibility index (Phi) is 5.30. The van der Waals surface area contributed by atoms with Gasteiger partial charge in [0, 0.05) is 36.9 Å². The normalized spacial score (nSPS) is 22.9. The van der Waals surface area contributed by atoms with Crippen LogP contribution in [0.3, 0.4) is 0 Å². The van der Waals surface area contributed by atoms with Gasteiger partial charge in [0.15, 0.2) is 0 Å². The van der Waals surface area contributed by atoms with E-state index in [2.05, 4.69) is 24.1 Å². The summed E-state index contributed by atoms with van der Waals surface area (Å²) in [7, 11) is 0. The minimum absolute atomic E-state index is 0.646. The third-order valence-corrected chi connectivity index (χ3v) is 2.98. The molecule has 0 aromatic carbocycles. The van der Waals surface area contributed by atoms with Crippen molar-refractivity contribution in [3.8, 4) is 11.8 Å². The maximum atomic E-state index is 3.47. The van der Waals surface area contributed by atoms with E-state index < -0.39 is 0 Å². The summed E-state index contributed by atoms with van der Waals surface area (Å²) < 4.78 is 0. The Morgan fingerprint density at radius 3 is 3.08 bits per heavy atom. The van der Waals surface area contributed by atoms with Gasteiger partial charge in [0.25, 0.3) is 0 Å². The number of hydrogen-bond acceptors (Lipinski definition) is 2. The zero-order valence-electron chi connectivity index (χ0n) is 7.73. The van der Waals surface area contributed by atoms with Crippen LogP contribution in [0, 0.1) is 11.8 Å². The van der Waals surface area contributed by atoms with Gasteiger partial charge in [-0.2, -0.15) is 11.8 Å². The zero-order chi connectivity index (χ0) is 8.65. The van der Waals surface area contributed by atoms with Crippen molar-refractivity contribution in [3.63, 3.8) is 0 Å². The van der Waals surface area contributed by atoms with Crippen LogP contribution in [0.1, 0.15) is 26.2 Å². The maximum Gasteiger partial charge on any atom is 0.0267 e. The topological polar surface area (TPSA) is 12.0 Å². The first kappa shape index (κ1) is 9.95. The lowest BCUT2D eigenvalue weighted by Gasteiger charge is -2.20. The molecule has 2 heteroatoms. The Bertz CT molecular complexity index is 162. The maximum absolute atomic E-state index is 3.47. The van der Waals surface area contributed by atoms with Gasteiger partial charge < -0.3 is 5.32 Å². The number of nitrogens with one attached hydrogen (secondary N) is 1.